The average molecular weight is 362 g/mol. The summed E-state index contributed by atoms with van der Waals surface area (Å²) in [5, 5.41) is 0. The first-order valence-electron chi connectivity index (χ1n) is 8.28. The third-order valence-corrected chi connectivity index (χ3v) is 3.90. The molecule has 2 amide bonds. The topological polar surface area (TPSA) is 63.0 Å². The van der Waals surface area contributed by atoms with Crippen LogP contribution in [0.15, 0.2) is 47.1 Å². The molecule has 0 aliphatic heterocycles. The normalized spacial score (nSPS) is 10.6. The van der Waals surface area contributed by atoms with Crippen LogP contribution in [0.2, 0.25) is 0 Å². The second-order valence-corrected chi connectivity index (χ2v) is 5.89. The van der Waals surface area contributed by atoms with Crippen molar-refractivity contribution in [1.82, 2.24) is 9.80 Å². The van der Waals surface area contributed by atoms with Crippen LogP contribution in [0.25, 0.3) is 0 Å². The number of carbonyl (C=O) groups excluding carboxylic acids is 2. The number of furan rings is 1. The molecule has 6 nitrogen and oxygen atoms in total. The van der Waals surface area contributed by atoms with E-state index in [1.54, 1.807) is 29.2 Å². The molecule has 0 fully saturated rings. The Morgan fingerprint density at radius 2 is 1.85 bits per heavy atom. The maximum atomic E-state index is 13.1. The maximum absolute atomic E-state index is 13.1. The summed E-state index contributed by atoms with van der Waals surface area (Å²) in [6.45, 7) is 2.60. The zero-order valence-electron chi connectivity index (χ0n) is 15.0. The van der Waals surface area contributed by atoms with Crippen LogP contribution >= 0.6 is 0 Å². The molecule has 0 spiro atoms. The fraction of sp³-hybridized carbons (Fsp3) is 0.368. The van der Waals surface area contributed by atoms with Crippen molar-refractivity contribution in [2.24, 2.45) is 0 Å². The smallest absolute Gasteiger partial charge is 0.242 e. The average Bonchev–Trinajstić information content (AvgIpc) is 3.12. The lowest BCUT2D eigenvalue weighted by Crippen LogP contribution is -2.42. The number of benzene rings is 1. The summed E-state index contributed by atoms with van der Waals surface area (Å²) in [6.07, 6.45) is 1.54. The van der Waals surface area contributed by atoms with E-state index < -0.39 is 0 Å². The molecular weight excluding hydrogens is 339 g/mol. The fourth-order valence-corrected chi connectivity index (χ4v) is 2.45. The molecule has 0 unspecified atom stereocenters. The monoisotopic (exact) mass is 362 g/mol. The van der Waals surface area contributed by atoms with Crippen LogP contribution in [0.5, 0.6) is 0 Å². The van der Waals surface area contributed by atoms with Gasteiger partial charge in [0.25, 0.3) is 0 Å². The number of hydrogen-bond acceptors (Lipinski definition) is 4. The zero-order chi connectivity index (χ0) is 18.9. The van der Waals surface area contributed by atoms with Gasteiger partial charge in [-0.05, 0) is 29.8 Å². The summed E-state index contributed by atoms with van der Waals surface area (Å²) in [5.74, 6) is -0.126. The van der Waals surface area contributed by atoms with E-state index in [-0.39, 0.29) is 37.3 Å². The van der Waals surface area contributed by atoms with E-state index in [4.69, 9.17) is 9.15 Å². The van der Waals surface area contributed by atoms with Crippen LogP contribution in [-0.2, 0) is 27.4 Å². The van der Waals surface area contributed by atoms with Crippen molar-refractivity contribution in [3.63, 3.8) is 0 Å². The van der Waals surface area contributed by atoms with Crippen molar-refractivity contribution < 1.29 is 23.1 Å². The van der Waals surface area contributed by atoms with Gasteiger partial charge in [-0.25, -0.2) is 4.39 Å². The van der Waals surface area contributed by atoms with Gasteiger partial charge in [-0.15, -0.1) is 0 Å². The highest BCUT2D eigenvalue weighted by molar-refractivity contribution is 5.83. The molecule has 26 heavy (non-hydrogen) atoms. The molecule has 0 aliphatic carbocycles. The highest BCUT2D eigenvalue weighted by atomic mass is 19.1. The summed E-state index contributed by atoms with van der Waals surface area (Å²) in [6, 6.07) is 9.49. The summed E-state index contributed by atoms with van der Waals surface area (Å²) in [4.78, 5) is 27.6. The van der Waals surface area contributed by atoms with Gasteiger partial charge in [0.1, 0.15) is 11.6 Å². The van der Waals surface area contributed by atoms with Crippen LogP contribution in [0, 0.1) is 5.82 Å². The molecule has 0 atom stereocenters. The standard InChI is InChI=1S/C19H23FN2O4/c1-15(23)21(9-11-25-2)14-19(24)22(13-18-4-3-10-26-18)12-16-5-7-17(20)8-6-16/h3-8,10H,9,11-14H2,1-2H3. The van der Waals surface area contributed by atoms with Gasteiger partial charge in [-0.2, -0.15) is 0 Å². The molecular formula is C19H23FN2O4. The van der Waals surface area contributed by atoms with E-state index in [9.17, 15) is 14.0 Å². The van der Waals surface area contributed by atoms with E-state index in [2.05, 4.69) is 0 Å². The van der Waals surface area contributed by atoms with Crippen molar-refractivity contribution in [3.05, 3.63) is 59.8 Å². The van der Waals surface area contributed by atoms with Crippen molar-refractivity contribution >= 4 is 11.8 Å². The van der Waals surface area contributed by atoms with Gasteiger partial charge >= 0.3 is 0 Å². The quantitative estimate of drug-likeness (QED) is 0.687. The number of rotatable bonds is 9. The predicted octanol–water partition coefficient (Wildman–Crippen LogP) is 2.44. The predicted molar refractivity (Wildman–Crippen MR) is 93.5 cm³/mol. The molecule has 2 aromatic rings. The molecule has 1 aromatic heterocycles. The molecule has 7 heteroatoms. The molecule has 1 aromatic carbocycles. The number of halogens is 1. The third kappa shape index (κ3) is 6.00. The van der Waals surface area contributed by atoms with Gasteiger partial charge in [0.15, 0.2) is 0 Å². The first kappa shape index (κ1) is 19.7. The van der Waals surface area contributed by atoms with Gasteiger partial charge in [0.2, 0.25) is 11.8 Å². The van der Waals surface area contributed by atoms with Gasteiger partial charge in [-0.1, -0.05) is 12.1 Å². The Kier molecular flexibility index (Phi) is 7.35. The molecule has 140 valence electrons. The lowest BCUT2D eigenvalue weighted by molar-refractivity contribution is -0.140. The lowest BCUT2D eigenvalue weighted by atomic mass is 10.2. The summed E-state index contributed by atoms with van der Waals surface area (Å²) >= 11 is 0. The summed E-state index contributed by atoms with van der Waals surface area (Å²) in [5.41, 5.74) is 0.789. The zero-order valence-corrected chi connectivity index (χ0v) is 15.0. The first-order chi connectivity index (χ1) is 12.5. The number of methoxy groups -OCH3 is 1. The molecule has 1 heterocycles. The lowest BCUT2D eigenvalue weighted by Gasteiger charge is -2.26. The number of nitrogens with zero attached hydrogens (tertiary/aromatic N) is 2. The van der Waals surface area contributed by atoms with E-state index in [1.165, 1.54) is 37.3 Å². The second kappa shape index (κ2) is 9.72. The number of hydrogen-bond donors (Lipinski definition) is 0. The van der Waals surface area contributed by atoms with Crippen molar-refractivity contribution in [2.75, 3.05) is 26.8 Å². The largest absolute Gasteiger partial charge is 0.467 e. The van der Waals surface area contributed by atoms with Crippen molar-refractivity contribution in [3.8, 4) is 0 Å². The summed E-state index contributed by atoms with van der Waals surface area (Å²) < 4.78 is 23.4. The summed E-state index contributed by atoms with van der Waals surface area (Å²) in [7, 11) is 1.54. The maximum Gasteiger partial charge on any atom is 0.242 e. The van der Waals surface area contributed by atoms with Crippen LogP contribution in [0.4, 0.5) is 4.39 Å². The SMILES string of the molecule is COCCN(CC(=O)N(Cc1ccc(F)cc1)Cc1ccco1)C(C)=O. The molecule has 0 radical (unpaired) electrons. The Hall–Kier alpha value is -2.67. The molecule has 0 bridgehead atoms. The van der Waals surface area contributed by atoms with Crippen molar-refractivity contribution in [2.45, 2.75) is 20.0 Å². The Labute approximate surface area is 152 Å². The minimum atomic E-state index is -0.333. The van der Waals surface area contributed by atoms with Crippen LogP contribution in [0.3, 0.4) is 0 Å². The van der Waals surface area contributed by atoms with Gasteiger partial charge in [-0.3, -0.25) is 9.59 Å². The van der Waals surface area contributed by atoms with Gasteiger partial charge < -0.3 is 19.0 Å². The van der Waals surface area contributed by atoms with Gasteiger partial charge in [0, 0.05) is 27.1 Å². The fourth-order valence-electron chi connectivity index (χ4n) is 2.45. The van der Waals surface area contributed by atoms with E-state index in [0.29, 0.717) is 18.9 Å². The molecule has 2 rings (SSSR count). The second-order valence-electron chi connectivity index (χ2n) is 5.89. The number of carbonyl (C=O) groups is 2. The molecule has 0 aliphatic rings. The Morgan fingerprint density at radius 3 is 2.42 bits per heavy atom. The Balaban J connectivity index is 2.11. The number of amides is 2. The Bertz CT molecular complexity index is 701. The molecule has 0 saturated carbocycles. The van der Waals surface area contributed by atoms with Crippen LogP contribution in [0.1, 0.15) is 18.2 Å². The van der Waals surface area contributed by atoms with E-state index in [0.717, 1.165) is 5.56 Å². The van der Waals surface area contributed by atoms with Crippen LogP contribution < -0.4 is 0 Å². The molecule has 0 N–H and O–H groups in total. The minimum Gasteiger partial charge on any atom is -0.467 e. The highest BCUT2D eigenvalue weighted by Gasteiger charge is 2.20. The number of ether oxygens (including phenoxy) is 1. The third-order valence-electron chi connectivity index (χ3n) is 3.90. The molecule has 0 saturated heterocycles. The van der Waals surface area contributed by atoms with E-state index >= 15 is 0 Å². The Morgan fingerprint density at radius 1 is 1.12 bits per heavy atom. The highest BCUT2D eigenvalue weighted by Crippen LogP contribution is 2.12. The van der Waals surface area contributed by atoms with Crippen molar-refractivity contribution in [1.29, 1.82) is 0 Å². The van der Waals surface area contributed by atoms with E-state index in [1.807, 2.05) is 0 Å². The first-order valence-corrected chi connectivity index (χ1v) is 8.28. The van der Waals surface area contributed by atoms with Crippen LogP contribution in [-0.4, -0.2) is 48.4 Å². The minimum absolute atomic E-state index is 0.0550. The van der Waals surface area contributed by atoms with Gasteiger partial charge in [0.05, 0.1) is 26.0 Å².